The molecule has 58 valence electrons. The number of allylic oxidation sites excluding steroid dienone is 1. The molecule has 0 aromatic rings. The second-order valence-electron chi connectivity index (χ2n) is 1.76. The summed E-state index contributed by atoms with van der Waals surface area (Å²) in [6.45, 7) is 4.26. The molecule has 10 heavy (non-hydrogen) atoms. The molecule has 0 aliphatic carbocycles. The van der Waals surface area contributed by atoms with Crippen molar-refractivity contribution in [2.45, 2.75) is 13.1 Å². The highest BCUT2D eigenvalue weighted by Gasteiger charge is 2.35. The van der Waals surface area contributed by atoms with Gasteiger partial charge in [0, 0.05) is 0 Å². The lowest BCUT2D eigenvalue weighted by atomic mass is 10.2. The Labute approximate surface area is 56.2 Å². The highest BCUT2D eigenvalue weighted by Crippen LogP contribution is 2.20. The van der Waals surface area contributed by atoms with E-state index >= 15 is 0 Å². The van der Waals surface area contributed by atoms with Gasteiger partial charge in [0.25, 0.3) is 0 Å². The van der Waals surface area contributed by atoms with Crippen molar-refractivity contribution < 1.29 is 13.2 Å². The van der Waals surface area contributed by atoms with Crippen molar-refractivity contribution in [2.75, 3.05) is 0 Å². The molecular weight excluding hydrogens is 145 g/mol. The third-order valence-electron chi connectivity index (χ3n) is 0.802. The van der Waals surface area contributed by atoms with Crippen molar-refractivity contribution in [2.24, 2.45) is 10.9 Å². The fourth-order valence-corrected chi connectivity index (χ4v) is 0.425. The Morgan fingerprint density at radius 3 is 1.90 bits per heavy atom. The van der Waals surface area contributed by atoms with Crippen LogP contribution in [0.25, 0.3) is 0 Å². The van der Waals surface area contributed by atoms with E-state index in [1.807, 2.05) is 0 Å². The second-order valence-corrected chi connectivity index (χ2v) is 1.76. The number of hydrogen-bond acceptors (Lipinski definition) is 2. The molecule has 2 nitrogen and oxygen atoms in total. The van der Waals surface area contributed by atoms with Crippen LogP contribution in [0.2, 0.25) is 0 Å². The van der Waals surface area contributed by atoms with Gasteiger partial charge in [0.15, 0.2) is 5.71 Å². The lowest BCUT2D eigenvalue weighted by Gasteiger charge is -2.07. The summed E-state index contributed by atoms with van der Waals surface area (Å²) in [7, 11) is 0. The first kappa shape index (κ1) is 9.00. The van der Waals surface area contributed by atoms with Crippen LogP contribution in [-0.4, -0.2) is 11.9 Å². The maximum atomic E-state index is 11.7. The molecule has 0 amide bonds. The molecule has 0 rings (SSSR count). The van der Waals surface area contributed by atoms with Crippen LogP contribution in [0, 0.1) is 0 Å². The van der Waals surface area contributed by atoms with Gasteiger partial charge in [0.1, 0.15) is 0 Å². The van der Waals surface area contributed by atoms with Gasteiger partial charge in [-0.1, -0.05) is 6.58 Å². The summed E-state index contributed by atoms with van der Waals surface area (Å²) in [6, 6.07) is 0. The van der Waals surface area contributed by atoms with Crippen LogP contribution in [0.5, 0.6) is 0 Å². The number of halogens is 3. The highest BCUT2D eigenvalue weighted by atomic mass is 19.4. The average Bonchev–Trinajstić information content (AvgIpc) is 1.60. The summed E-state index contributed by atoms with van der Waals surface area (Å²) in [6.07, 6.45) is -4.49. The lowest BCUT2D eigenvalue weighted by Crippen LogP contribution is -2.24. The van der Waals surface area contributed by atoms with Crippen molar-refractivity contribution in [3.8, 4) is 0 Å². The molecule has 5 heteroatoms. The van der Waals surface area contributed by atoms with Gasteiger partial charge in [0.05, 0.1) is 0 Å². The number of nitrogens with two attached hydrogens (primary N) is 1. The number of alkyl halides is 3. The fraction of sp³-hybridized carbons (Fsp3) is 0.400. The van der Waals surface area contributed by atoms with Gasteiger partial charge in [-0.05, 0) is 12.5 Å². The molecule has 0 radical (unpaired) electrons. The molecule has 0 spiro atoms. The van der Waals surface area contributed by atoms with E-state index in [0.717, 1.165) is 0 Å². The van der Waals surface area contributed by atoms with Crippen LogP contribution in [0.3, 0.4) is 0 Å². The molecular formula is C5H7F3N2. The van der Waals surface area contributed by atoms with E-state index in [0.29, 0.717) is 0 Å². The molecule has 0 atom stereocenters. The van der Waals surface area contributed by atoms with Crippen molar-refractivity contribution in [1.29, 1.82) is 0 Å². The summed E-state index contributed by atoms with van der Waals surface area (Å²) in [5.41, 5.74) is -1.30. The Kier molecular flexibility index (Phi) is 2.45. The predicted octanol–water partition coefficient (Wildman–Crippen LogP) is 1.44. The van der Waals surface area contributed by atoms with E-state index in [-0.39, 0.29) is 5.57 Å². The van der Waals surface area contributed by atoms with E-state index in [1.165, 1.54) is 6.92 Å². The third-order valence-corrected chi connectivity index (χ3v) is 0.802. The Balaban J connectivity index is 4.56. The van der Waals surface area contributed by atoms with E-state index in [1.54, 1.807) is 0 Å². The first-order valence-electron chi connectivity index (χ1n) is 2.40. The van der Waals surface area contributed by atoms with E-state index < -0.39 is 11.9 Å². The molecule has 0 saturated carbocycles. The van der Waals surface area contributed by atoms with Crippen LogP contribution in [-0.2, 0) is 0 Å². The minimum atomic E-state index is -4.49. The molecule has 0 fully saturated rings. The van der Waals surface area contributed by atoms with Crippen molar-refractivity contribution in [1.82, 2.24) is 0 Å². The zero-order valence-corrected chi connectivity index (χ0v) is 5.37. The molecule has 0 saturated heterocycles. The van der Waals surface area contributed by atoms with E-state index in [2.05, 4.69) is 17.5 Å². The zero-order valence-electron chi connectivity index (χ0n) is 5.37. The molecule has 0 aliphatic rings. The Morgan fingerprint density at radius 1 is 1.50 bits per heavy atom. The number of hydrazone groups is 1. The lowest BCUT2D eigenvalue weighted by molar-refractivity contribution is -0.0583. The first-order chi connectivity index (χ1) is 4.39. The summed E-state index contributed by atoms with van der Waals surface area (Å²) < 4.78 is 35.1. The highest BCUT2D eigenvalue weighted by molar-refractivity contribution is 6.03. The van der Waals surface area contributed by atoms with Crippen LogP contribution in [0.15, 0.2) is 17.3 Å². The predicted molar refractivity (Wildman–Crippen MR) is 32.5 cm³/mol. The standard InChI is InChI=1S/C5H7F3N2/c1-3(2)4(10-9)5(6,7)8/h1,9H2,2H3/b10-4+. The first-order valence-corrected chi connectivity index (χ1v) is 2.40. The molecule has 0 bridgehead atoms. The average molecular weight is 152 g/mol. The number of nitrogens with zero attached hydrogens (tertiary/aromatic N) is 1. The van der Waals surface area contributed by atoms with Gasteiger partial charge in [-0.15, -0.1) is 0 Å². The van der Waals surface area contributed by atoms with Gasteiger partial charge in [-0.2, -0.15) is 18.3 Å². The second kappa shape index (κ2) is 2.72. The van der Waals surface area contributed by atoms with Crippen LogP contribution >= 0.6 is 0 Å². The minimum absolute atomic E-state index is 0.185. The fourth-order valence-electron chi connectivity index (χ4n) is 0.425. The SMILES string of the molecule is C=C(C)/C(=N\N)C(F)(F)F. The van der Waals surface area contributed by atoms with Crippen LogP contribution in [0.1, 0.15) is 6.92 Å². The number of rotatable bonds is 1. The van der Waals surface area contributed by atoms with Gasteiger partial charge in [-0.3, -0.25) is 0 Å². The van der Waals surface area contributed by atoms with Gasteiger partial charge >= 0.3 is 6.18 Å². The van der Waals surface area contributed by atoms with E-state index in [9.17, 15) is 13.2 Å². The Hall–Kier alpha value is -1.00. The normalized spacial score (nSPS) is 13.4. The quantitative estimate of drug-likeness (QED) is 0.344. The maximum Gasteiger partial charge on any atom is 0.435 e. The molecule has 0 unspecified atom stereocenters. The van der Waals surface area contributed by atoms with Crippen molar-refractivity contribution in [3.05, 3.63) is 12.2 Å². The summed E-state index contributed by atoms with van der Waals surface area (Å²) in [5, 5.41) is 2.55. The van der Waals surface area contributed by atoms with Crippen molar-refractivity contribution >= 4 is 5.71 Å². The summed E-state index contributed by atoms with van der Waals surface area (Å²) >= 11 is 0. The molecule has 0 aromatic carbocycles. The monoisotopic (exact) mass is 152 g/mol. The topological polar surface area (TPSA) is 38.4 Å². The van der Waals surface area contributed by atoms with Crippen molar-refractivity contribution in [3.63, 3.8) is 0 Å². The zero-order chi connectivity index (χ0) is 8.36. The molecule has 0 heterocycles. The molecule has 2 N–H and O–H groups in total. The van der Waals surface area contributed by atoms with Gasteiger partial charge in [0.2, 0.25) is 0 Å². The summed E-state index contributed by atoms with van der Waals surface area (Å²) in [5.74, 6) is 4.47. The Bertz CT molecular complexity index is 168. The largest absolute Gasteiger partial charge is 0.435 e. The smallest absolute Gasteiger partial charge is 0.323 e. The number of hydrogen-bond donors (Lipinski definition) is 1. The Morgan fingerprint density at radius 2 is 1.90 bits per heavy atom. The minimum Gasteiger partial charge on any atom is -0.323 e. The molecule has 0 aliphatic heterocycles. The van der Waals surface area contributed by atoms with E-state index in [4.69, 9.17) is 0 Å². The summed E-state index contributed by atoms with van der Waals surface area (Å²) in [4.78, 5) is 0. The third kappa shape index (κ3) is 2.08. The van der Waals surface area contributed by atoms with Gasteiger partial charge in [-0.25, -0.2) is 0 Å². The maximum absolute atomic E-state index is 11.7. The van der Waals surface area contributed by atoms with Crippen LogP contribution < -0.4 is 5.84 Å². The molecule has 0 aromatic heterocycles. The van der Waals surface area contributed by atoms with Crippen LogP contribution in [0.4, 0.5) is 13.2 Å². The van der Waals surface area contributed by atoms with Gasteiger partial charge < -0.3 is 5.84 Å².